The van der Waals surface area contributed by atoms with Crippen LogP contribution in [0, 0.1) is 0 Å². The number of likely N-dealkylation sites (tertiary alicyclic amines) is 1. The van der Waals surface area contributed by atoms with Crippen molar-refractivity contribution in [1.29, 1.82) is 0 Å². The van der Waals surface area contributed by atoms with Crippen molar-refractivity contribution >= 4 is 0 Å². The van der Waals surface area contributed by atoms with E-state index < -0.39 is 0 Å². The van der Waals surface area contributed by atoms with E-state index in [2.05, 4.69) is 17.3 Å². The lowest BCUT2D eigenvalue weighted by atomic mass is 10.1. The molecule has 0 aromatic carbocycles. The van der Waals surface area contributed by atoms with Crippen LogP contribution >= 0.6 is 0 Å². The molecule has 0 aromatic rings. The molecule has 3 heteroatoms. The Morgan fingerprint density at radius 3 is 2.90 bits per heavy atom. The second-order valence-electron chi connectivity index (χ2n) is 2.59. The number of hydroxylamine groups is 1. The molecule has 0 amide bonds. The van der Waals surface area contributed by atoms with Crippen molar-refractivity contribution in [2.24, 2.45) is 0 Å². The fourth-order valence-electron chi connectivity index (χ4n) is 1.28. The van der Waals surface area contributed by atoms with Gasteiger partial charge in [0.15, 0.2) is 0 Å². The highest BCUT2D eigenvalue weighted by atomic mass is 16.6. The Kier molecular flexibility index (Phi) is 3.12. The van der Waals surface area contributed by atoms with Crippen LogP contribution in [0.1, 0.15) is 13.3 Å². The predicted molar refractivity (Wildman–Crippen MR) is 40.7 cm³/mol. The summed E-state index contributed by atoms with van der Waals surface area (Å²) in [6, 6.07) is 0.664. The average molecular weight is 144 g/mol. The van der Waals surface area contributed by atoms with Crippen LogP contribution in [0.4, 0.5) is 0 Å². The summed E-state index contributed by atoms with van der Waals surface area (Å²) in [6.07, 6.45) is 1.29. The van der Waals surface area contributed by atoms with Gasteiger partial charge in [-0.2, -0.15) is 0 Å². The summed E-state index contributed by atoms with van der Waals surface area (Å²) in [6.45, 7) is 5.40. The zero-order valence-corrected chi connectivity index (χ0v) is 6.76. The standard InChI is InChI=1S/C7H16N2O/c1-3-9-5-4-7(9)6-10-8-2/h7-8H,3-6H2,1-2H3/t7-/m0/s1. The minimum atomic E-state index is 0.664. The van der Waals surface area contributed by atoms with Crippen molar-refractivity contribution in [2.45, 2.75) is 19.4 Å². The van der Waals surface area contributed by atoms with Gasteiger partial charge in [0.05, 0.1) is 6.61 Å². The minimum absolute atomic E-state index is 0.664. The summed E-state index contributed by atoms with van der Waals surface area (Å²) in [5.74, 6) is 0. The average Bonchev–Trinajstić information content (AvgIpc) is 1.88. The number of nitrogens with one attached hydrogen (secondary N) is 1. The van der Waals surface area contributed by atoms with Gasteiger partial charge in [0, 0.05) is 19.6 Å². The quantitative estimate of drug-likeness (QED) is 0.572. The van der Waals surface area contributed by atoms with Crippen LogP contribution in [0.25, 0.3) is 0 Å². The van der Waals surface area contributed by atoms with Crippen molar-refractivity contribution < 1.29 is 4.84 Å². The molecule has 1 atom stereocenters. The van der Waals surface area contributed by atoms with Crippen LogP contribution in [0.15, 0.2) is 0 Å². The Hall–Kier alpha value is -0.120. The monoisotopic (exact) mass is 144 g/mol. The molecule has 0 aliphatic carbocycles. The molecule has 0 bridgehead atoms. The number of likely N-dealkylation sites (N-methyl/N-ethyl adjacent to an activating group) is 1. The van der Waals surface area contributed by atoms with Crippen LogP contribution in [-0.4, -0.2) is 37.7 Å². The lowest BCUT2D eigenvalue weighted by molar-refractivity contribution is -0.0266. The Bertz CT molecular complexity index is 95.6. The number of nitrogens with zero attached hydrogens (tertiary/aromatic N) is 1. The first kappa shape index (κ1) is 7.98. The van der Waals surface area contributed by atoms with E-state index in [4.69, 9.17) is 4.84 Å². The number of hydrogen-bond acceptors (Lipinski definition) is 3. The molecule has 1 heterocycles. The maximum Gasteiger partial charge on any atom is 0.0837 e. The molecule has 0 radical (unpaired) electrons. The summed E-state index contributed by atoms with van der Waals surface area (Å²) >= 11 is 0. The molecule has 1 saturated heterocycles. The molecule has 1 aliphatic rings. The first-order chi connectivity index (χ1) is 4.88. The SMILES string of the molecule is CCN1CC[C@H]1CONC. The highest BCUT2D eigenvalue weighted by molar-refractivity contribution is 4.80. The summed E-state index contributed by atoms with van der Waals surface area (Å²) in [7, 11) is 1.80. The molecule has 1 rings (SSSR count). The fourth-order valence-corrected chi connectivity index (χ4v) is 1.28. The van der Waals surface area contributed by atoms with Crippen LogP contribution in [0.2, 0.25) is 0 Å². The van der Waals surface area contributed by atoms with E-state index in [1.807, 2.05) is 0 Å². The molecule has 0 saturated carbocycles. The molecule has 0 spiro atoms. The van der Waals surface area contributed by atoms with Gasteiger partial charge in [-0.3, -0.25) is 4.90 Å². The van der Waals surface area contributed by atoms with E-state index in [1.54, 1.807) is 7.05 Å². The first-order valence-corrected chi connectivity index (χ1v) is 3.91. The zero-order valence-electron chi connectivity index (χ0n) is 6.76. The lowest BCUT2D eigenvalue weighted by Crippen LogP contribution is -2.50. The minimum Gasteiger partial charge on any atom is -0.300 e. The van der Waals surface area contributed by atoms with Gasteiger partial charge in [0.2, 0.25) is 0 Å². The van der Waals surface area contributed by atoms with Gasteiger partial charge in [-0.15, -0.1) is 0 Å². The number of hydrogen-bond donors (Lipinski definition) is 1. The van der Waals surface area contributed by atoms with Gasteiger partial charge in [-0.1, -0.05) is 6.92 Å². The fraction of sp³-hybridized carbons (Fsp3) is 1.00. The van der Waals surface area contributed by atoms with Crippen LogP contribution in [-0.2, 0) is 4.84 Å². The molecule has 0 aromatic heterocycles. The molecular weight excluding hydrogens is 128 g/mol. The summed E-state index contributed by atoms with van der Waals surface area (Å²) < 4.78 is 0. The Morgan fingerprint density at radius 2 is 2.50 bits per heavy atom. The van der Waals surface area contributed by atoms with E-state index in [0.717, 1.165) is 13.2 Å². The molecular formula is C7H16N2O. The van der Waals surface area contributed by atoms with Crippen LogP contribution in [0.3, 0.4) is 0 Å². The van der Waals surface area contributed by atoms with Gasteiger partial charge >= 0.3 is 0 Å². The third-order valence-corrected chi connectivity index (χ3v) is 2.09. The Labute approximate surface area is 62.3 Å². The van der Waals surface area contributed by atoms with E-state index in [-0.39, 0.29) is 0 Å². The summed E-state index contributed by atoms with van der Waals surface area (Å²) in [5.41, 5.74) is 2.68. The zero-order chi connectivity index (χ0) is 7.40. The van der Waals surface area contributed by atoms with Gasteiger partial charge in [0.25, 0.3) is 0 Å². The third-order valence-electron chi connectivity index (χ3n) is 2.09. The molecule has 1 aliphatic heterocycles. The predicted octanol–water partition coefficient (Wildman–Crippen LogP) is 0.232. The van der Waals surface area contributed by atoms with Gasteiger partial charge in [-0.05, 0) is 13.0 Å². The Balaban J connectivity index is 2.05. The largest absolute Gasteiger partial charge is 0.300 e. The lowest BCUT2D eigenvalue weighted by Gasteiger charge is -2.39. The van der Waals surface area contributed by atoms with E-state index in [0.29, 0.717) is 6.04 Å². The molecule has 1 N–H and O–H groups in total. The third kappa shape index (κ3) is 1.68. The highest BCUT2D eigenvalue weighted by Gasteiger charge is 2.25. The van der Waals surface area contributed by atoms with Gasteiger partial charge in [-0.25, -0.2) is 5.48 Å². The van der Waals surface area contributed by atoms with Crippen LogP contribution in [0.5, 0.6) is 0 Å². The van der Waals surface area contributed by atoms with Crippen molar-refractivity contribution in [3.8, 4) is 0 Å². The Morgan fingerprint density at radius 1 is 1.70 bits per heavy atom. The molecule has 60 valence electrons. The normalized spacial score (nSPS) is 26.4. The topological polar surface area (TPSA) is 24.5 Å². The first-order valence-electron chi connectivity index (χ1n) is 3.91. The smallest absolute Gasteiger partial charge is 0.0837 e. The molecule has 10 heavy (non-hydrogen) atoms. The van der Waals surface area contributed by atoms with Crippen molar-refractivity contribution in [3.63, 3.8) is 0 Å². The van der Waals surface area contributed by atoms with E-state index in [1.165, 1.54) is 13.0 Å². The van der Waals surface area contributed by atoms with Crippen LogP contribution < -0.4 is 5.48 Å². The maximum atomic E-state index is 5.08. The van der Waals surface area contributed by atoms with Crippen molar-refractivity contribution in [1.82, 2.24) is 10.4 Å². The van der Waals surface area contributed by atoms with E-state index >= 15 is 0 Å². The molecule has 0 unspecified atom stereocenters. The summed E-state index contributed by atoms with van der Waals surface area (Å²) in [5, 5.41) is 0. The highest BCUT2D eigenvalue weighted by Crippen LogP contribution is 2.15. The van der Waals surface area contributed by atoms with E-state index in [9.17, 15) is 0 Å². The van der Waals surface area contributed by atoms with Gasteiger partial charge < -0.3 is 4.84 Å². The van der Waals surface area contributed by atoms with Crippen molar-refractivity contribution in [2.75, 3.05) is 26.7 Å². The molecule has 1 fully saturated rings. The summed E-state index contributed by atoms with van der Waals surface area (Å²) in [4.78, 5) is 7.49. The maximum absolute atomic E-state index is 5.08. The van der Waals surface area contributed by atoms with Gasteiger partial charge in [0.1, 0.15) is 0 Å². The number of rotatable bonds is 4. The second kappa shape index (κ2) is 3.91. The second-order valence-corrected chi connectivity index (χ2v) is 2.59. The molecule has 3 nitrogen and oxygen atoms in total. The van der Waals surface area contributed by atoms with Crippen molar-refractivity contribution in [3.05, 3.63) is 0 Å².